The van der Waals surface area contributed by atoms with E-state index < -0.39 is 0 Å². The van der Waals surface area contributed by atoms with Crippen molar-refractivity contribution in [1.29, 1.82) is 0 Å². The summed E-state index contributed by atoms with van der Waals surface area (Å²) in [7, 11) is 8.47. The van der Waals surface area contributed by atoms with Gasteiger partial charge in [0, 0.05) is 29.2 Å². The van der Waals surface area contributed by atoms with Crippen molar-refractivity contribution in [3.63, 3.8) is 0 Å². The van der Waals surface area contributed by atoms with Gasteiger partial charge < -0.3 is 4.90 Å². The Kier molecular flexibility index (Phi) is 7.36. The van der Waals surface area contributed by atoms with E-state index in [9.17, 15) is 0 Å². The number of fused-ring (bicyclic) bond motifs is 2. The molecule has 0 amide bonds. The van der Waals surface area contributed by atoms with Crippen LogP contribution in [0.25, 0.3) is 46.4 Å². The summed E-state index contributed by atoms with van der Waals surface area (Å²) in [5, 5.41) is 0. The summed E-state index contributed by atoms with van der Waals surface area (Å²) >= 11 is 0. The van der Waals surface area contributed by atoms with Gasteiger partial charge in [0.25, 0.3) is 11.6 Å². The summed E-state index contributed by atoms with van der Waals surface area (Å²) in [6, 6.07) is 45.1. The second-order valence-corrected chi connectivity index (χ2v) is 11.5. The topological polar surface area (TPSA) is 20.9 Å². The van der Waals surface area contributed by atoms with E-state index in [-0.39, 0.29) is 0 Å². The van der Waals surface area contributed by atoms with Crippen LogP contribution in [-0.2, 0) is 28.2 Å². The number of imidazole rings is 2. The Hall–Kier alpha value is -5.68. The van der Waals surface area contributed by atoms with Crippen LogP contribution in [0.4, 0.5) is 17.1 Å². The average Bonchev–Trinajstić information content (AvgIpc) is 3.48. The molecule has 7 rings (SSSR count). The molecule has 2 aromatic heterocycles. The van der Waals surface area contributed by atoms with E-state index in [1.807, 2.05) is 0 Å². The highest BCUT2D eigenvalue weighted by molar-refractivity contribution is 5.80. The molecule has 0 radical (unpaired) electrons. The molecule has 2 heterocycles. The fourth-order valence-corrected chi connectivity index (χ4v) is 6.29. The van der Waals surface area contributed by atoms with Crippen LogP contribution in [0.3, 0.4) is 0 Å². The molecule has 0 saturated carbocycles. The van der Waals surface area contributed by atoms with E-state index >= 15 is 0 Å². The molecule has 0 unspecified atom stereocenters. The predicted octanol–water partition coefficient (Wildman–Crippen LogP) is 8.13. The van der Waals surface area contributed by atoms with Gasteiger partial charge in [0.1, 0.15) is 0 Å². The molecule has 0 N–H and O–H groups in total. The molecule has 5 nitrogen and oxygen atoms in total. The molecule has 0 fully saturated rings. The van der Waals surface area contributed by atoms with Crippen LogP contribution >= 0.6 is 0 Å². The van der Waals surface area contributed by atoms with Crippen molar-refractivity contribution in [2.45, 2.75) is 0 Å². The van der Waals surface area contributed by atoms with E-state index in [2.05, 4.69) is 203 Å². The largest absolute Gasteiger partial charge is 0.311 e. The van der Waals surface area contributed by atoms with Gasteiger partial charge in [0.05, 0.1) is 28.2 Å². The van der Waals surface area contributed by atoms with Crippen molar-refractivity contribution < 1.29 is 9.13 Å². The summed E-state index contributed by atoms with van der Waals surface area (Å²) in [4.78, 5) is 2.30. The Bertz CT molecular complexity index is 1960. The number of anilines is 3. The van der Waals surface area contributed by atoms with Gasteiger partial charge in [-0.2, -0.15) is 0 Å². The van der Waals surface area contributed by atoms with Gasteiger partial charge in [-0.3, -0.25) is 0 Å². The molecule has 0 aliphatic rings. The van der Waals surface area contributed by atoms with Crippen LogP contribution in [0.2, 0.25) is 0 Å². The number of aromatic nitrogens is 4. The number of nitrogens with zero attached hydrogens (tertiary/aromatic N) is 5. The average molecular weight is 588 g/mol. The van der Waals surface area contributed by atoms with Crippen molar-refractivity contribution in [2.24, 2.45) is 28.2 Å². The third-order valence-electron chi connectivity index (χ3n) is 8.75. The van der Waals surface area contributed by atoms with Gasteiger partial charge in [0.2, 0.25) is 0 Å². The molecule has 0 aliphatic heterocycles. The Morgan fingerprint density at radius 1 is 0.444 bits per heavy atom. The Morgan fingerprint density at radius 2 is 0.822 bits per heavy atom. The number of benzene rings is 5. The molecule has 0 bridgehead atoms. The van der Waals surface area contributed by atoms with Crippen molar-refractivity contribution in [2.75, 3.05) is 4.90 Å². The summed E-state index contributed by atoms with van der Waals surface area (Å²) in [6.45, 7) is 0. The zero-order chi connectivity index (χ0) is 30.9. The van der Waals surface area contributed by atoms with Crippen LogP contribution in [0.15, 0.2) is 127 Å². The van der Waals surface area contributed by atoms with Crippen molar-refractivity contribution in [3.8, 4) is 0 Å². The maximum absolute atomic E-state index is 2.30. The fraction of sp³-hybridized carbons (Fsp3) is 0.100. The minimum Gasteiger partial charge on any atom is -0.311 e. The number of rotatable bonds is 7. The second kappa shape index (κ2) is 11.8. The lowest BCUT2D eigenvalue weighted by molar-refractivity contribution is -0.647. The molecule has 0 saturated heterocycles. The van der Waals surface area contributed by atoms with Gasteiger partial charge >= 0.3 is 0 Å². The highest BCUT2D eigenvalue weighted by atomic mass is 15.2. The normalized spacial score (nSPS) is 11.8. The quantitative estimate of drug-likeness (QED) is 0.173. The molecule has 7 aromatic rings. The maximum atomic E-state index is 2.30. The summed E-state index contributed by atoms with van der Waals surface area (Å²) < 4.78 is 8.94. The zero-order valence-corrected chi connectivity index (χ0v) is 26.2. The van der Waals surface area contributed by atoms with Gasteiger partial charge in [-0.05, 0) is 83.9 Å². The van der Waals surface area contributed by atoms with Crippen molar-refractivity contribution in [3.05, 3.63) is 150 Å². The summed E-state index contributed by atoms with van der Waals surface area (Å²) in [6.07, 6.45) is 8.74. The smallest absolute Gasteiger partial charge is 0.281 e. The molecule has 5 aromatic carbocycles. The lowest BCUT2D eigenvalue weighted by Gasteiger charge is -2.25. The Morgan fingerprint density at radius 3 is 1.24 bits per heavy atom. The van der Waals surface area contributed by atoms with Gasteiger partial charge in [-0.15, -0.1) is 0 Å². The first-order chi connectivity index (χ1) is 22.0. The maximum Gasteiger partial charge on any atom is 0.281 e. The number of hydrogen-bond donors (Lipinski definition) is 0. The minimum absolute atomic E-state index is 1.11. The molecule has 0 aliphatic carbocycles. The molecular formula is C40H37N5+2. The second-order valence-electron chi connectivity index (χ2n) is 11.5. The molecule has 45 heavy (non-hydrogen) atoms. The first-order valence-electron chi connectivity index (χ1n) is 15.3. The van der Waals surface area contributed by atoms with Crippen LogP contribution in [0.5, 0.6) is 0 Å². The lowest BCUT2D eigenvalue weighted by Crippen LogP contribution is -2.30. The number of hydrogen-bond acceptors (Lipinski definition) is 1. The molecule has 0 spiro atoms. The van der Waals surface area contributed by atoms with Crippen LogP contribution < -0.4 is 14.0 Å². The summed E-state index contributed by atoms with van der Waals surface area (Å²) in [5.41, 5.74) is 10.5. The number of para-hydroxylation sites is 5. The predicted molar refractivity (Wildman–Crippen MR) is 187 cm³/mol. The SMILES string of the molecule is Cn1c(/C=C/c2ccc(N(c3ccccc3)c3ccc(/C=C/c4n(C)c5ccccc5[n+]4C)cc3)cc2)[n+](C)c2ccccc21. The molecular weight excluding hydrogens is 550 g/mol. The standard InChI is InChI=1S/C40H37N5/c1-41-35-14-8-9-15-36(35)42(2)39(41)28-22-30-18-24-33(25-19-30)45(32-12-6-5-7-13-32)34-26-20-31(21-27-34)23-29-40-43(3)37-16-10-11-17-38(37)44(40)4/h5-29H,1-4H3/q+2. The summed E-state index contributed by atoms with van der Waals surface area (Å²) in [5.74, 6) is 2.30. The van der Waals surface area contributed by atoms with E-state index in [0.717, 1.165) is 39.8 Å². The lowest BCUT2D eigenvalue weighted by atomic mass is 10.1. The zero-order valence-electron chi connectivity index (χ0n) is 26.2. The van der Waals surface area contributed by atoms with Gasteiger partial charge in [-0.25, -0.2) is 18.3 Å². The minimum atomic E-state index is 1.11. The Labute approximate surface area is 264 Å². The van der Waals surface area contributed by atoms with E-state index in [1.54, 1.807) is 0 Å². The molecule has 5 heteroatoms. The van der Waals surface area contributed by atoms with E-state index in [4.69, 9.17) is 0 Å². The fourth-order valence-electron chi connectivity index (χ4n) is 6.29. The van der Waals surface area contributed by atoms with Crippen LogP contribution in [0, 0.1) is 0 Å². The monoisotopic (exact) mass is 587 g/mol. The third kappa shape index (κ3) is 5.23. The van der Waals surface area contributed by atoms with Gasteiger partial charge in [0.15, 0.2) is 22.1 Å². The van der Waals surface area contributed by atoms with Crippen molar-refractivity contribution in [1.82, 2.24) is 9.13 Å². The van der Waals surface area contributed by atoms with Crippen LogP contribution in [0.1, 0.15) is 22.8 Å². The first kappa shape index (κ1) is 28.1. The third-order valence-corrected chi connectivity index (χ3v) is 8.75. The highest BCUT2D eigenvalue weighted by Crippen LogP contribution is 2.35. The van der Waals surface area contributed by atoms with Crippen LogP contribution in [-0.4, -0.2) is 9.13 Å². The molecule has 220 valence electrons. The van der Waals surface area contributed by atoms with Gasteiger partial charge in [-0.1, -0.05) is 66.7 Å². The molecule has 0 atom stereocenters. The van der Waals surface area contributed by atoms with E-state index in [0.29, 0.717) is 0 Å². The first-order valence-corrected chi connectivity index (χ1v) is 15.3. The highest BCUT2D eigenvalue weighted by Gasteiger charge is 2.18. The van der Waals surface area contributed by atoms with E-state index in [1.165, 1.54) is 22.1 Å². The van der Waals surface area contributed by atoms with Crippen molar-refractivity contribution >= 4 is 63.4 Å². The Balaban J connectivity index is 1.16. The number of aryl methyl sites for hydroxylation is 4.